The number of aliphatic hydroxyl groups is 2. The Kier molecular flexibility index (Phi) is 7.46. The lowest BCUT2D eigenvalue weighted by molar-refractivity contribution is -0.0905. The lowest BCUT2D eigenvalue weighted by Crippen LogP contribution is -2.52. The summed E-state index contributed by atoms with van der Waals surface area (Å²) >= 11 is 0. The van der Waals surface area contributed by atoms with E-state index >= 15 is 0 Å². The Morgan fingerprint density at radius 3 is 2.85 bits per heavy atom. The number of anilines is 1. The highest BCUT2D eigenvalue weighted by molar-refractivity contribution is 5.91. The topological polar surface area (TPSA) is 131 Å². The molecular formula is C23H33N5O5. The maximum Gasteiger partial charge on any atom is 0.319 e. The Morgan fingerprint density at radius 1 is 1.30 bits per heavy atom. The van der Waals surface area contributed by atoms with Crippen LogP contribution < -0.4 is 15.4 Å². The monoisotopic (exact) mass is 459 g/mol. The summed E-state index contributed by atoms with van der Waals surface area (Å²) in [6.45, 7) is 0.425. The highest BCUT2D eigenvalue weighted by Crippen LogP contribution is 2.37. The molecule has 1 aliphatic heterocycles. The van der Waals surface area contributed by atoms with Crippen molar-refractivity contribution in [3.8, 4) is 5.75 Å². The van der Waals surface area contributed by atoms with Gasteiger partial charge in [-0.25, -0.2) is 4.79 Å². The van der Waals surface area contributed by atoms with Crippen molar-refractivity contribution < 1.29 is 24.5 Å². The molecule has 2 aromatic rings. The second-order valence-electron chi connectivity index (χ2n) is 8.86. The summed E-state index contributed by atoms with van der Waals surface area (Å²) < 4.78 is 13.1. The summed E-state index contributed by atoms with van der Waals surface area (Å²) in [7, 11) is 1.55. The highest BCUT2D eigenvalue weighted by atomic mass is 16.5. The van der Waals surface area contributed by atoms with Crippen molar-refractivity contribution in [3.63, 3.8) is 0 Å². The van der Waals surface area contributed by atoms with E-state index in [9.17, 15) is 15.0 Å². The minimum Gasteiger partial charge on any atom is -0.495 e. The number of para-hydroxylation sites is 2. The highest BCUT2D eigenvalue weighted by Gasteiger charge is 2.36. The maximum absolute atomic E-state index is 12.5. The van der Waals surface area contributed by atoms with Gasteiger partial charge in [0.15, 0.2) is 0 Å². The Labute approximate surface area is 193 Å². The van der Waals surface area contributed by atoms with Crippen LogP contribution in [0.4, 0.5) is 10.5 Å². The quantitative estimate of drug-likeness (QED) is 0.476. The summed E-state index contributed by atoms with van der Waals surface area (Å²) in [5.74, 6) is 0.572. The van der Waals surface area contributed by atoms with E-state index in [0.717, 1.165) is 32.1 Å². The number of rotatable bonds is 8. The molecule has 180 valence electrons. The lowest BCUT2D eigenvalue weighted by atomic mass is 9.97. The fourth-order valence-corrected chi connectivity index (χ4v) is 4.70. The van der Waals surface area contributed by atoms with Gasteiger partial charge in [0.1, 0.15) is 23.1 Å². The van der Waals surface area contributed by atoms with E-state index in [0.29, 0.717) is 36.5 Å². The standard InChI is InChI=1S/C23H33N5O5/c1-32-19-7-3-2-6-17(19)24-22(30)25-18-9-8-16(33-20(18)15-29)10-13-28-14-21(26-27-28)23(31)11-4-5-12-23/h2-3,6-7,14,16,18,20,29,31H,4-5,8-13,15H2,1H3,(H2,24,25,30)/t16-,18+,20-/m1/s1. The Bertz CT molecular complexity index is 929. The van der Waals surface area contributed by atoms with Crippen LogP contribution in [0.25, 0.3) is 0 Å². The smallest absolute Gasteiger partial charge is 0.319 e. The average molecular weight is 460 g/mol. The van der Waals surface area contributed by atoms with Crippen LogP contribution in [0.15, 0.2) is 30.5 Å². The molecule has 0 spiro atoms. The van der Waals surface area contributed by atoms with Crippen LogP contribution in [-0.2, 0) is 16.9 Å². The zero-order valence-electron chi connectivity index (χ0n) is 18.9. The first kappa shape index (κ1) is 23.5. The number of aliphatic hydroxyl groups excluding tert-OH is 1. The molecule has 2 fully saturated rings. The fourth-order valence-electron chi connectivity index (χ4n) is 4.70. The van der Waals surface area contributed by atoms with Gasteiger partial charge in [0.05, 0.1) is 37.7 Å². The third-order valence-electron chi connectivity index (χ3n) is 6.59. The molecule has 1 saturated carbocycles. The van der Waals surface area contributed by atoms with Crippen LogP contribution in [0.3, 0.4) is 0 Å². The van der Waals surface area contributed by atoms with Gasteiger partial charge in [-0.3, -0.25) is 4.68 Å². The first-order valence-electron chi connectivity index (χ1n) is 11.6. The normalized spacial score (nSPS) is 24.4. The van der Waals surface area contributed by atoms with Gasteiger partial charge >= 0.3 is 6.03 Å². The molecular weight excluding hydrogens is 426 g/mol. The largest absolute Gasteiger partial charge is 0.495 e. The minimum absolute atomic E-state index is 0.0558. The number of amides is 2. The Morgan fingerprint density at radius 2 is 2.09 bits per heavy atom. The second-order valence-corrected chi connectivity index (χ2v) is 8.86. The van der Waals surface area contributed by atoms with Crippen molar-refractivity contribution in [1.82, 2.24) is 20.3 Å². The van der Waals surface area contributed by atoms with Gasteiger partial charge in [0.25, 0.3) is 0 Å². The molecule has 3 atom stereocenters. The lowest BCUT2D eigenvalue weighted by Gasteiger charge is -2.36. The number of aryl methyl sites for hydroxylation is 1. The van der Waals surface area contributed by atoms with Gasteiger partial charge in [-0.15, -0.1) is 5.10 Å². The van der Waals surface area contributed by atoms with Crippen LogP contribution in [0.5, 0.6) is 5.75 Å². The van der Waals surface area contributed by atoms with Gasteiger partial charge in [0, 0.05) is 6.54 Å². The van der Waals surface area contributed by atoms with Crippen LogP contribution in [-0.4, -0.2) is 63.2 Å². The summed E-state index contributed by atoms with van der Waals surface area (Å²) in [6.07, 6.45) is 6.91. The fraction of sp³-hybridized carbons (Fsp3) is 0.609. The third kappa shape index (κ3) is 5.63. The van der Waals surface area contributed by atoms with Crippen LogP contribution >= 0.6 is 0 Å². The number of benzene rings is 1. The molecule has 10 nitrogen and oxygen atoms in total. The number of methoxy groups -OCH3 is 1. The van der Waals surface area contributed by atoms with E-state index in [2.05, 4.69) is 20.9 Å². The van der Waals surface area contributed by atoms with E-state index in [1.165, 1.54) is 0 Å². The first-order chi connectivity index (χ1) is 16.0. The predicted octanol–water partition coefficient (Wildman–Crippen LogP) is 2.17. The molecule has 1 aromatic heterocycles. The van der Waals surface area contributed by atoms with Crippen LogP contribution in [0.1, 0.15) is 50.6 Å². The molecule has 2 heterocycles. The molecule has 1 saturated heterocycles. The van der Waals surface area contributed by atoms with Crippen molar-refractivity contribution in [1.29, 1.82) is 0 Å². The van der Waals surface area contributed by atoms with E-state index in [4.69, 9.17) is 9.47 Å². The number of ether oxygens (including phenoxy) is 2. The van der Waals surface area contributed by atoms with Crippen molar-refractivity contribution in [2.75, 3.05) is 19.0 Å². The van der Waals surface area contributed by atoms with E-state index in [1.54, 1.807) is 23.9 Å². The number of aromatic nitrogens is 3. The number of urea groups is 1. The summed E-state index contributed by atoms with van der Waals surface area (Å²) in [5.41, 5.74) is 0.371. The zero-order valence-corrected chi connectivity index (χ0v) is 18.9. The third-order valence-corrected chi connectivity index (χ3v) is 6.59. The van der Waals surface area contributed by atoms with E-state index in [-0.39, 0.29) is 24.8 Å². The number of carbonyl (C=O) groups is 1. The number of hydrogen-bond donors (Lipinski definition) is 4. The number of hydrogen-bond acceptors (Lipinski definition) is 7. The van der Waals surface area contributed by atoms with E-state index in [1.807, 2.05) is 18.3 Å². The molecule has 1 aromatic carbocycles. The predicted molar refractivity (Wildman–Crippen MR) is 121 cm³/mol. The molecule has 33 heavy (non-hydrogen) atoms. The van der Waals surface area contributed by atoms with Gasteiger partial charge < -0.3 is 30.3 Å². The zero-order chi connectivity index (χ0) is 23.3. The van der Waals surface area contributed by atoms with Gasteiger partial charge in [-0.1, -0.05) is 30.2 Å². The van der Waals surface area contributed by atoms with Crippen molar-refractivity contribution in [2.45, 2.75) is 75.3 Å². The Balaban J connectivity index is 1.26. The maximum atomic E-state index is 12.5. The van der Waals surface area contributed by atoms with Gasteiger partial charge in [0.2, 0.25) is 0 Å². The second kappa shape index (κ2) is 10.5. The minimum atomic E-state index is -0.842. The Hall–Kier alpha value is -2.69. The molecule has 4 rings (SSSR count). The van der Waals surface area contributed by atoms with E-state index < -0.39 is 11.7 Å². The van der Waals surface area contributed by atoms with Crippen molar-refractivity contribution >= 4 is 11.7 Å². The van der Waals surface area contributed by atoms with Gasteiger partial charge in [-0.05, 0) is 44.2 Å². The SMILES string of the molecule is COc1ccccc1NC(=O)N[C@H]1CC[C@H](CCn2cc(C3(O)CCCC3)nn2)O[C@@H]1CO. The molecule has 0 radical (unpaired) electrons. The number of nitrogens with zero attached hydrogens (tertiary/aromatic N) is 3. The van der Waals surface area contributed by atoms with Crippen LogP contribution in [0, 0.1) is 0 Å². The average Bonchev–Trinajstić information content (AvgIpc) is 3.49. The summed E-state index contributed by atoms with van der Waals surface area (Å²) in [4.78, 5) is 12.5. The molecule has 0 bridgehead atoms. The summed E-state index contributed by atoms with van der Waals surface area (Å²) in [5, 5.41) is 34.5. The molecule has 0 unspecified atom stereocenters. The molecule has 1 aliphatic carbocycles. The molecule has 10 heteroatoms. The van der Waals surface area contributed by atoms with Crippen molar-refractivity contribution in [3.05, 3.63) is 36.2 Å². The van der Waals surface area contributed by atoms with Gasteiger partial charge in [-0.2, -0.15) is 0 Å². The van der Waals surface area contributed by atoms with Crippen LogP contribution in [0.2, 0.25) is 0 Å². The molecule has 2 amide bonds. The molecule has 4 N–H and O–H groups in total. The summed E-state index contributed by atoms with van der Waals surface area (Å²) in [6, 6.07) is 6.51. The van der Waals surface area contributed by atoms with Crippen molar-refractivity contribution in [2.24, 2.45) is 0 Å². The first-order valence-corrected chi connectivity index (χ1v) is 11.6. The number of carbonyl (C=O) groups excluding carboxylic acids is 1. The molecule has 2 aliphatic rings. The number of nitrogens with one attached hydrogen (secondary N) is 2.